The lowest BCUT2D eigenvalue weighted by atomic mass is 10.0. The summed E-state index contributed by atoms with van der Waals surface area (Å²) in [7, 11) is 0. The molecule has 20 heavy (non-hydrogen) atoms. The van der Waals surface area contributed by atoms with Crippen LogP contribution in [-0.4, -0.2) is 14.9 Å². The van der Waals surface area contributed by atoms with Gasteiger partial charge in [0.15, 0.2) is 5.78 Å². The van der Waals surface area contributed by atoms with Crippen molar-refractivity contribution < 1.29 is 4.79 Å². The fourth-order valence-electron chi connectivity index (χ4n) is 2.31. The highest BCUT2D eigenvalue weighted by molar-refractivity contribution is 5.97. The van der Waals surface area contributed by atoms with E-state index in [4.69, 9.17) is 0 Å². The van der Waals surface area contributed by atoms with Crippen LogP contribution in [0.3, 0.4) is 0 Å². The maximum Gasteiger partial charge on any atom is 0.328 e. The molecule has 0 unspecified atom stereocenters. The van der Waals surface area contributed by atoms with E-state index in [2.05, 4.69) is 0 Å². The van der Waals surface area contributed by atoms with Crippen molar-refractivity contribution in [2.45, 2.75) is 40.3 Å². The zero-order valence-electron chi connectivity index (χ0n) is 12.4. The lowest BCUT2D eigenvalue weighted by Crippen LogP contribution is -2.27. The molecule has 2 rings (SSSR count). The van der Waals surface area contributed by atoms with Crippen molar-refractivity contribution in [2.24, 2.45) is 0 Å². The third-order valence-corrected chi connectivity index (χ3v) is 3.43. The normalized spacial score (nSPS) is 11.1. The minimum absolute atomic E-state index is 0.0360. The Balaban J connectivity index is 2.26. The number of carbonyl (C=O) groups is 1. The summed E-state index contributed by atoms with van der Waals surface area (Å²) in [5.41, 5.74) is 2.62. The Morgan fingerprint density at radius 3 is 2.45 bits per heavy atom. The maximum atomic E-state index is 12.3. The van der Waals surface area contributed by atoms with E-state index in [1.807, 2.05) is 45.9 Å². The third kappa shape index (κ3) is 2.74. The fraction of sp³-hybridized carbons (Fsp3) is 0.375. The lowest BCUT2D eigenvalue weighted by molar-refractivity contribution is 0.0970. The summed E-state index contributed by atoms with van der Waals surface area (Å²) in [5.74, 6) is -0.0360. The van der Waals surface area contributed by atoms with Gasteiger partial charge in [-0.15, -0.1) is 0 Å². The first-order valence-electron chi connectivity index (χ1n) is 6.78. The predicted octanol–water partition coefficient (Wildman–Crippen LogP) is 2.73. The molecule has 2 aromatic rings. The van der Waals surface area contributed by atoms with Gasteiger partial charge in [0, 0.05) is 24.0 Å². The topological polar surface area (TPSA) is 44.0 Å². The first-order valence-corrected chi connectivity index (χ1v) is 6.78. The van der Waals surface area contributed by atoms with Crippen LogP contribution in [0.5, 0.6) is 0 Å². The molecule has 1 aromatic heterocycles. The number of imidazole rings is 1. The van der Waals surface area contributed by atoms with Crippen molar-refractivity contribution in [1.29, 1.82) is 0 Å². The average molecular weight is 272 g/mol. The Morgan fingerprint density at radius 1 is 1.20 bits per heavy atom. The minimum Gasteiger partial charge on any atom is -0.297 e. The maximum absolute atomic E-state index is 12.3. The van der Waals surface area contributed by atoms with Gasteiger partial charge in [0.1, 0.15) is 0 Å². The highest BCUT2D eigenvalue weighted by Gasteiger charge is 2.13. The molecule has 0 aliphatic heterocycles. The first-order chi connectivity index (χ1) is 9.40. The Hall–Kier alpha value is -2.10. The molecule has 0 bridgehead atoms. The molecule has 0 N–H and O–H groups in total. The second kappa shape index (κ2) is 5.49. The van der Waals surface area contributed by atoms with Crippen LogP contribution in [0, 0.1) is 13.8 Å². The smallest absolute Gasteiger partial charge is 0.297 e. The molecule has 0 fully saturated rings. The van der Waals surface area contributed by atoms with E-state index < -0.39 is 0 Å². The van der Waals surface area contributed by atoms with Gasteiger partial charge < -0.3 is 0 Å². The third-order valence-electron chi connectivity index (χ3n) is 3.43. The van der Waals surface area contributed by atoms with E-state index >= 15 is 0 Å². The number of carbonyl (C=O) groups excluding carboxylic acids is 1. The highest BCUT2D eigenvalue weighted by Crippen LogP contribution is 2.12. The summed E-state index contributed by atoms with van der Waals surface area (Å²) in [4.78, 5) is 24.4. The fourth-order valence-corrected chi connectivity index (χ4v) is 2.31. The molecule has 4 nitrogen and oxygen atoms in total. The number of hydrogen-bond donors (Lipinski definition) is 0. The summed E-state index contributed by atoms with van der Waals surface area (Å²) in [6, 6.07) is 5.83. The van der Waals surface area contributed by atoms with Crippen LogP contribution in [-0.2, 0) is 6.54 Å². The van der Waals surface area contributed by atoms with Crippen molar-refractivity contribution in [1.82, 2.24) is 9.13 Å². The van der Waals surface area contributed by atoms with Crippen molar-refractivity contribution in [3.05, 3.63) is 57.8 Å². The molecular formula is C16H20N2O2. The predicted molar refractivity (Wildman–Crippen MR) is 79.3 cm³/mol. The standard InChI is InChI=1S/C16H20N2O2/c1-11(2)18-8-7-17(16(18)20)10-15(19)14-6-5-12(3)9-13(14)4/h5-9,11H,10H2,1-4H3. The zero-order valence-corrected chi connectivity index (χ0v) is 12.4. The molecule has 1 heterocycles. The average Bonchev–Trinajstić information content (AvgIpc) is 2.70. The molecule has 0 aliphatic carbocycles. The van der Waals surface area contributed by atoms with Gasteiger partial charge in [0.25, 0.3) is 0 Å². The Bertz CT molecular complexity index is 693. The second-order valence-electron chi connectivity index (χ2n) is 5.45. The van der Waals surface area contributed by atoms with E-state index in [1.165, 1.54) is 4.57 Å². The van der Waals surface area contributed by atoms with Gasteiger partial charge in [-0.3, -0.25) is 13.9 Å². The van der Waals surface area contributed by atoms with Gasteiger partial charge in [-0.2, -0.15) is 0 Å². The summed E-state index contributed by atoms with van der Waals surface area (Å²) in [5, 5.41) is 0. The lowest BCUT2D eigenvalue weighted by Gasteiger charge is -2.07. The second-order valence-corrected chi connectivity index (χ2v) is 5.45. The summed E-state index contributed by atoms with van der Waals surface area (Å²) in [6.45, 7) is 7.88. The summed E-state index contributed by atoms with van der Waals surface area (Å²) >= 11 is 0. The van der Waals surface area contributed by atoms with Crippen molar-refractivity contribution in [3.8, 4) is 0 Å². The van der Waals surface area contributed by atoms with Crippen molar-refractivity contribution in [3.63, 3.8) is 0 Å². The monoisotopic (exact) mass is 272 g/mol. The van der Waals surface area contributed by atoms with Gasteiger partial charge in [-0.05, 0) is 33.3 Å². The molecule has 0 atom stereocenters. The quantitative estimate of drug-likeness (QED) is 0.803. The van der Waals surface area contributed by atoms with Crippen LogP contribution in [0.4, 0.5) is 0 Å². The van der Waals surface area contributed by atoms with Gasteiger partial charge in [0.2, 0.25) is 0 Å². The molecule has 4 heteroatoms. The Morgan fingerprint density at radius 2 is 1.90 bits per heavy atom. The molecule has 0 amide bonds. The van der Waals surface area contributed by atoms with Gasteiger partial charge >= 0.3 is 5.69 Å². The zero-order chi connectivity index (χ0) is 14.9. The van der Waals surface area contributed by atoms with Crippen molar-refractivity contribution in [2.75, 3.05) is 0 Å². The van der Waals surface area contributed by atoms with Gasteiger partial charge in [-0.25, -0.2) is 4.79 Å². The Labute approximate surface area is 118 Å². The van der Waals surface area contributed by atoms with Crippen LogP contribution in [0.2, 0.25) is 0 Å². The molecule has 0 aliphatic rings. The number of rotatable bonds is 4. The largest absolute Gasteiger partial charge is 0.328 e. The molecule has 0 spiro atoms. The number of ketones is 1. The Kier molecular flexibility index (Phi) is 3.93. The van der Waals surface area contributed by atoms with E-state index in [0.29, 0.717) is 5.56 Å². The van der Waals surface area contributed by atoms with E-state index in [1.54, 1.807) is 17.0 Å². The first kappa shape index (κ1) is 14.3. The van der Waals surface area contributed by atoms with E-state index in [9.17, 15) is 9.59 Å². The highest BCUT2D eigenvalue weighted by atomic mass is 16.2. The number of hydrogen-bond acceptors (Lipinski definition) is 2. The van der Waals surface area contributed by atoms with E-state index in [-0.39, 0.29) is 24.1 Å². The van der Waals surface area contributed by atoms with Crippen molar-refractivity contribution >= 4 is 5.78 Å². The van der Waals surface area contributed by atoms with Crippen LogP contribution in [0.25, 0.3) is 0 Å². The van der Waals surface area contributed by atoms with Gasteiger partial charge in [0.05, 0.1) is 6.54 Å². The number of aromatic nitrogens is 2. The van der Waals surface area contributed by atoms with Gasteiger partial charge in [-0.1, -0.05) is 23.8 Å². The van der Waals surface area contributed by atoms with Crippen LogP contribution >= 0.6 is 0 Å². The van der Waals surface area contributed by atoms with Crippen LogP contribution in [0.15, 0.2) is 35.4 Å². The molecular weight excluding hydrogens is 252 g/mol. The molecule has 0 radical (unpaired) electrons. The number of benzene rings is 1. The molecule has 0 saturated carbocycles. The minimum atomic E-state index is -0.141. The molecule has 0 saturated heterocycles. The molecule has 106 valence electrons. The molecule has 1 aromatic carbocycles. The van der Waals surface area contributed by atoms with Crippen LogP contribution in [0.1, 0.15) is 41.4 Å². The van der Waals surface area contributed by atoms with Crippen LogP contribution < -0.4 is 5.69 Å². The van der Waals surface area contributed by atoms with E-state index in [0.717, 1.165) is 11.1 Å². The number of aryl methyl sites for hydroxylation is 2. The SMILES string of the molecule is Cc1ccc(C(=O)Cn2ccn(C(C)C)c2=O)c(C)c1. The number of Topliss-reactive ketones (excluding diaryl/α,β-unsaturated/α-hetero) is 1. The summed E-state index contributed by atoms with van der Waals surface area (Å²) < 4.78 is 3.08. The summed E-state index contributed by atoms with van der Waals surface area (Å²) in [6.07, 6.45) is 3.39. The number of nitrogens with zero attached hydrogens (tertiary/aromatic N) is 2.